The lowest BCUT2D eigenvalue weighted by molar-refractivity contribution is -0.143. The zero-order valence-corrected chi connectivity index (χ0v) is 54.6. The molecular formula is C74H145NO5. The largest absolute Gasteiger partial charge is 0.466 e. The number of hydrogen-bond acceptors (Lipinski definition) is 5. The molecule has 0 aliphatic carbocycles. The van der Waals surface area contributed by atoms with Gasteiger partial charge in [-0.05, 0) is 51.4 Å². The van der Waals surface area contributed by atoms with E-state index >= 15 is 0 Å². The molecule has 0 radical (unpaired) electrons. The summed E-state index contributed by atoms with van der Waals surface area (Å²) in [6.45, 7) is 4.99. The van der Waals surface area contributed by atoms with Crippen molar-refractivity contribution in [1.29, 1.82) is 0 Å². The molecule has 0 heterocycles. The summed E-state index contributed by atoms with van der Waals surface area (Å²) >= 11 is 0. The van der Waals surface area contributed by atoms with Gasteiger partial charge in [-0.1, -0.05) is 373 Å². The van der Waals surface area contributed by atoms with E-state index in [1.807, 2.05) is 0 Å². The summed E-state index contributed by atoms with van der Waals surface area (Å²) in [4.78, 5) is 24.6. The van der Waals surface area contributed by atoms with Gasteiger partial charge in [-0.25, -0.2) is 0 Å². The number of aliphatic hydroxyl groups is 2. The quantitative estimate of drug-likeness (QED) is 0.0320. The highest BCUT2D eigenvalue weighted by Gasteiger charge is 2.20. The van der Waals surface area contributed by atoms with Gasteiger partial charge >= 0.3 is 5.97 Å². The van der Waals surface area contributed by atoms with Crippen molar-refractivity contribution in [2.75, 3.05) is 13.2 Å². The van der Waals surface area contributed by atoms with E-state index < -0.39 is 12.1 Å². The molecule has 0 spiro atoms. The van der Waals surface area contributed by atoms with Crippen molar-refractivity contribution >= 4 is 11.9 Å². The Labute approximate surface area is 501 Å². The first kappa shape index (κ1) is 78.6. The van der Waals surface area contributed by atoms with E-state index in [0.717, 1.165) is 44.9 Å². The maximum atomic E-state index is 12.5. The van der Waals surface area contributed by atoms with Gasteiger partial charge in [0.15, 0.2) is 0 Å². The third-order valence-electron chi connectivity index (χ3n) is 17.6. The average Bonchev–Trinajstić information content (AvgIpc) is 3.46. The number of amides is 1. The predicted octanol–water partition coefficient (Wildman–Crippen LogP) is 23.9. The number of rotatable bonds is 70. The lowest BCUT2D eigenvalue weighted by atomic mass is 10.0. The number of nitrogens with one attached hydrogen (secondary N) is 1. The van der Waals surface area contributed by atoms with Crippen LogP contribution in [0.1, 0.15) is 425 Å². The lowest BCUT2D eigenvalue weighted by Gasteiger charge is -2.22. The minimum Gasteiger partial charge on any atom is -0.466 e. The molecule has 476 valence electrons. The first-order valence-electron chi connectivity index (χ1n) is 36.9. The van der Waals surface area contributed by atoms with Crippen LogP contribution in [-0.2, 0) is 14.3 Å². The molecule has 0 saturated heterocycles. The molecule has 0 saturated carbocycles. The van der Waals surface area contributed by atoms with Crippen LogP contribution < -0.4 is 5.32 Å². The molecule has 0 rings (SSSR count). The molecule has 0 aromatic rings. The van der Waals surface area contributed by atoms with Gasteiger partial charge in [0, 0.05) is 12.8 Å². The second kappa shape index (κ2) is 70.1. The van der Waals surface area contributed by atoms with Crippen LogP contribution in [0.4, 0.5) is 0 Å². The van der Waals surface area contributed by atoms with Gasteiger partial charge in [0.2, 0.25) is 5.91 Å². The van der Waals surface area contributed by atoms with Crippen molar-refractivity contribution < 1.29 is 24.5 Å². The molecule has 0 aliphatic heterocycles. The van der Waals surface area contributed by atoms with Gasteiger partial charge in [0.1, 0.15) is 0 Å². The Morgan fingerprint density at radius 2 is 0.588 bits per heavy atom. The third-order valence-corrected chi connectivity index (χ3v) is 17.6. The topological polar surface area (TPSA) is 95.9 Å². The van der Waals surface area contributed by atoms with Gasteiger partial charge < -0.3 is 20.3 Å². The normalized spacial score (nSPS) is 12.5. The highest BCUT2D eigenvalue weighted by molar-refractivity contribution is 5.76. The van der Waals surface area contributed by atoms with Crippen LogP contribution in [0.2, 0.25) is 0 Å². The van der Waals surface area contributed by atoms with Crippen LogP contribution in [0.3, 0.4) is 0 Å². The van der Waals surface area contributed by atoms with E-state index in [4.69, 9.17) is 4.74 Å². The number of ether oxygens (including phenoxy) is 1. The second-order valence-corrected chi connectivity index (χ2v) is 25.6. The Balaban J connectivity index is 3.34. The lowest BCUT2D eigenvalue weighted by Crippen LogP contribution is -2.45. The van der Waals surface area contributed by atoms with Crippen molar-refractivity contribution in [2.24, 2.45) is 0 Å². The fraction of sp³-hybridized carbons (Fsp3) is 0.946. The van der Waals surface area contributed by atoms with Crippen LogP contribution in [0.5, 0.6) is 0 Å². The van der Waals surface area contributed by atoms with Crippen LogP contribution in [-0.4, -0.2) is 47.4 Å². The monoisotopic (exact) mass is 1130 g/mol. The molecule has 80 heavy (non-hydrogen) atoms. The number of carbonyl (C=O) groups excluding carboxylic acids is 2. The molecule has 3 N–H and O–H groups in total. The molecule has 0 fully saturated rings. The molecule has 0 bridgehead atoms. The summed E-state index contributed by atoms with van der Waals surface area (Å²) < 4.78 is 5.49. The maximum Gasteiger partial charge on any atom is 0.305 e. The fourth-order valence-electron chi connectivity index (χ4n) is 11.9. The fourth-order valence-corrected chi connectivity index (χ4v) is 11.9. The molecule has 0 aromatic carbocycles. The Morgan fingerprint density at radius 1 is 0.338 bits per heavy atom. The molecule has 6 heteroatoms. The SMILES string of the molecule is CCCCCCCC/C=C\CCCCCCCC(=O)OCCCCCCCCCCCCCCCCCCCCCCCCCCCCCCC(=O)NC(CO)C(O)CCCCCCCCCCCCCCCCCCCCCC. The Bertz CT molecular complexity index is 1210. The molecule has 0 aliphatic rings. The minimum atomic E-state index is -0.662. The zero-order valence-electron chi connectivity index (χ0n) is 54.6. The summed E-state index contributed by atoms with van der Waals surface area (Å²) in [5, 5.41) is 23.4. The average molecular weight is 1130 g/mol. The van der Waals surface area contributed by atoms with E-state index in [9.17, 15) is 19.8 Å². The minimum absolute atomic E-state index is 0.0120. The van der Waals surface area contributed by atoms with Crippen LogP contribution in [0.15, 0.2) is 12.2 Å². The van der Waals surface area contributed by atoms with Gasteiger partial charge in [0.25, 0.3) is 0 Å². The van der Waals surface area contributed by atoms with Crippen molar-refractivity contribution in [1.82, 2.24) is 5.32 Å². The van der Waals surface area contributed by atoms with Gasteiger partial charge in [-0.2, -0.15) is 0 Å². The first-order valence-corrected chi connectivity index (χ1v) is 36.9. The van der Waals surface area contributed by atoms with Crippen molar-refractivity contribution in [3.8, 4) is 0 Å². The second-order valence-electron chi connectivity index (χ2n) is 25.6. The van der Waals surface area contributed by atoms with E-state index in [0.29, 0.717) is 25.9 Å². The zero-order chi connectivity index (χ0) is 57.8. The summed E-state index contributed by atoms with van der Waals surface area (Å²) in [6, 6.07) is -0.539. The van der Waals surface area contributed by atoms with E-state index in [1.54, 1.807) is 0 Å². The van der Waals surface area contributed by atoms with E-state index in [-0.39, 0.29) is 18.5 Å². The summed E-state index contributed by atoms with van der Waals surface area (Å²) in [6.07, 6.45) is 87.0. The molecule has 0 aromatic heterocycles. The predicted molar refractivity (Wildman–Crippen MR) is 352 cm³/mol. The van der Waals surface area contributed by atoms with Crippen molar-refractivity contribution in [3.05, 3.63) is 12.2 Å². The third kappa shape index (κ3) is 65.7. The van der Waals surface area contributed by atoms with Crippen molar-refractivity contribution in [3.63, 3.8) is 0 Å². The van der Waals surface area contributed by atoms with Crippen molar-refractivity contribution in [2.45, 2.75) is 437 Å². The summed E-state index contributed by atoms with van der Waals surface area (Å²) in [5.74, 6) is -0.0148. The molecule has 2 unspecified atom stereocenters. The first-order chi connectivity index (χ1) is 39.5. The smallest absolute Gasteiger partial charge is 0.305 e. The number of allylic oxidation sites excluding steroid dienone is 2. The Morgan fingerprint density at radius 3 is 0.887 bits per heavy atom. The summed E-state index contributed by atoms with van der Waals surface area (Å²) in [5.41, 5.74) is 0. The number of unbranched alkanes of at least 4 members (excludes halogenated alkanes) is 57. The van der Waals surface area contributed by atoms with Gasteiger partial charge in [-0.3, -0.25) is 9.59 Å². The van der Waals surface area contributed by atoms with E-state index in [1.165, 1.54) is 347 Å². The van der Waals surface area contributed by atoms with Crippen LogP contribution in [0, 0.1) is 0 Å². The number of aliphatic hydroxyl groups excluding tert-OH is 2. The molecule has 1 amide bonds. The highest BCUT2D eigenvalue weighted by Crippen LogP contribution is 2.20. The highest BCUT2D eigenvalue weighted by atomic mass is 16.5. The summed E-state index contributed by atoms with van der Waals surface area (Å²) in [7, 11) is 0. The van der Waals surface area contributed by atoms with Gasteiger partial charge in [0.05, 0.1) is 25.4 Å². The molecular weight excluding hydrogens is 983 g/mol. The van der Waals surface area contributed by atoms with Crippen LogP contribution >= 0.6 is 0 Å². The van der Waals surface area contributed by atoms with E-state index in [2.05, 4.69) is 31.3 Å². The number of hydrogen-bond donors (Lipinski definition) is 3. The van der Waals surface area contributed by atoms with Crippen LogP contribution in [0.25, 0.3) is 0 Å². The molecule has 2 atom stereocenters. The number of carbonyl (C=O) groups is 2. The maximum absolute atomic E-state index is 12.5. The number of esters is 1. The Hall–Kier alpha value is -1.40. The Kier molecular flexibility index (Phi) is 68.9. The van der Waals surface area contributed by atoms with Gasteiger partial charge in [-0.15, -0.1) is 0 Å². The molecule has 6 nitrogen and oxygen atoms in total. The standard InChI is InChI=1S/C74H145NO5/c1-3-5-7-9-11-13-15-17-19-20-21-32-35-39-42-46-50-54-58-62-66-72(77)71(70-76)75-73(78)67-63-59-55-51-47-43-40-36-33-30-28-26-24-22-23-25-27-29-31-34-37-41-45-49-53-57-61-65-69-80-74(79)68-64-60-56-52-48-44-38-18-16-14-12-10-8-6-4-2/h18,38,71-72,76-77H,3-17,19-37,39-70H2,1-2H3,(H,75,78)/b38-18-.